The molecule has 0 atom stereocenters. The van der Waals surface area contributed by atoms with Gasteiger partial charge in [0.25, 0.3) is 0 Å². The third-order valence-electron chi connectivity index (χ3n) is 2.33. The number of aromatic amines is 1. The van der Waals surface area contributed by atoms with Crippen LogP contribution in [0.1, 0.15) is 17.0 Å². The fourth-order valence-corrected chi connectivity index (χ4v) is 1.80. The van der Waals surface area contributed by atoms with Gasteiger partial charge < -0.3 is 10.7 Å². The molecule has 1 aliphatic rings. The minimum Gasteiger partial charge on any atom is -0.361 e. The number of nitrogens with two attached hydrogens (primary N) is 1. The second-order valence-corrected chi connectivity index (χ2v) is 3.51. The van der Waals surface area contributed by atoms with Gasteiger partial charge >= 0.3 is 0 Å². The predicted octanol–water partition coefficient (Wildman–Crippen LogP) is 0.461. The lowest BCUT2D eigenvalue weighted by atomic mass is 10.2. The highest BCUT2D eigenvalue weighted by molar-refractivity contribution is 5.29. The van der Waals surface area contributed by atoms with Gasteiger partial charge in [0.1, 0.15) is 0 Å². The molecular weight excluding hydrogens is 150 g/mol. The number of aromatic nitrogens is 1. The van der Waals surface area contributed by atoms with E-state index in [9.17, 15) is 0 Å². The Hall–Kier alpha value is -0.800. The average Bonchev–Trinajstić information content (AvgIpc) is 2.44. The quantitative estimate of drug-likeness (QED) is 0.668. The summed E-state index contributed by atoms with van der Waals surface area (Å²) >= 11 is 0. The van der Waals surface area contributed by atoms with Gasteiger partial charge in [-0.05, 0) is 31.6 Å². The van der Waals surface area contributed by atoms with Crippen LogP contribution in [0.25, 0.3) is 0 Å². The Morgan fingerprint density at radius 1 is 1.58 bits per heavy atom. The second kappa shape index (κ2) is 2.92. The van der Waals surface area contributed by atoms with Crippen LogP contribution >= 0.6 is 0 Å². The first-order chi connectivity index (χ1) is 5.79. The van der Waals surface area contributed by atoms with Crippen LogP contribution in [-0.2, 0) is 19.5 Å². The molecule has 66 valence electrons. The van der Waals surface area contributed by atoms with Crippen LogP contribution in [0.3, 0.4) is 0 Å². The fraction of sp³-hybridized carbons (Fsp3) is 0.556. The molecule has 0 spiro atoms. The largest absolute Gasteiger partial charge is 0.361 e. The van der Waals surface area contributed by atoms with Crippen molar-refractivity contribution < 1.29 is 0 Å². The number of hydrogen-bond donors (Lipinski definition) is 2. The molecule has 0 saturated carbocycles. The number of nitrogens with one attached hydrogen (secondary N) is 1. The Labute approximate surface area is 72.6 Å². The van der Waals surface area contributed by atoms with Gasteiger partial charge in [0.2, 0.25) is 0 Å². The summed E-state index contributed by atoms with van der Waals surface area (Å²) in [4.78, 5) is 5.70. The zero-order valence-corrected chi connectivity index (χ0v) is 7.43. The molecule has 0 amide bonds. The molecule has 3 heteroatoms. The highest BCUT2D eigenvalue weighted by atomic mass is 15.1. The normalized spacial score (nSPS) is 16.8. The van der Waals surface area contributed by atoms with Gasteiger partial charge in [0.15, 0.2) is 0 Å². The molecule has 1 aliphatic heterocycles. The van der Waals surface area contributed by atoms with E-state index in [1.807, 2.05) is 0 Å². The monoisotopic (exact) mass is 165 g/mol. The van der Waals surface area contributed by atoms with Crippen LogP contribution in [-0.4, -0.2) is 23.5 Å². The van der Waals surface area contributed by atoms with Gasteiger partial charge in [-0.2, -0.15) is 0 Å². The fourth-order valence-electron chi connectivity index (χ4n) is 1.80. The number of fused-ring (bicyclic) bond motifs is 1. The van der Waals surface area contributed by atoms with Gasteiger partial charge in [-0.1, -0.05) is 0 Å². The van der Waals surface area contributed by atoms with E-state index in [4.69, 9.17) is 5.73 Å². The van der Waals surface area contributed by atoms with Gasteiger partial charge in [-0.3, -0.25) is 4.90 Å². The van der Waals surface area contributed by atoms with Crippen molar-refractivity contribution in [2.75, 3.05) is 13.6 Å². The number of rotatable bonds is 2. The topological polar surface area (TPSA) is 45.0 Å². The molecule has 0 aromatic carbocycles. The summed E-state index contributed by atoms with van der Waals surface area (Å²) in [5.41, 5.74) is 9.59. The van der Waals surface area contributed by atoms with Crippen LogP contribution in [0.2, 0.25) is 0 Å². The molecule has 0 bridgehead atoms. The van der Waals surface area contributed by atoms with E-state index in [-0.39, 0.29) is 0 Å². The Morgan fingerprint density at radius 3 is 3.08 bits per heavy atom. The van der Waals surface area contributed by atoms with Crippen molar-refractivity contribution in [3.8, 4) is 0 Å². The van der Waals surface area contributed by atoms with Crippen molar-refractivity contribution in [3.63, 3.8) is 0 Å². The SMILES string of the molecule is CN1Cc2cc(CCN)[nH]c2C1. The van der Waals surface area contributed by atoms with E-state index in [1.54, 1.807) is 0 Å². The first-order valence-electron chi connectivity index (χ1n) is 4.38. The molecule has 0 aliphatic carbocycles. The van der Waals surface area contributed by atoms with Crippen molar-refractivity contribution in [1.29, 1.82) is 0 Å². The summed E-state index contributed by atoms with van der Waals surface area (Å²) in [6.07, 6.45) is 0.969. The van der Waals surface area contributed by atoms with Crippen LogP contribution in [0.15, 0.2) is 6.07 Å². The maximum Gasteiger partial charge on any atom is 0.0388 e. The van der Waals surface area contributed by atoms with Crippen molar-refractivity contribution in [1.82, 2.24) is 9.88 Å². The molecule has 12 heavy (non-hydrogen) atoms. The summed E-state index contributed by atoms with van der Waals surface area (Å²) < 4.78 is 0. The zero-order valence-electron chi connectivity index (χ0n) is 7.43. The Morgan fingerprint density at radius 2 is 2.42 bits per heavy atom. The molecule has 3 N–H and O–H groups in total. The first kappa shape index (κ1) is 7.83. The average molecular weight is 165 g/mol. The van der Waals surface area contributed by atoms with Crippen molar-refractivity contribution in [2.45, 2.75) is 19.5 Å². The molecule has 2 heterocycles. The summed E-state index contributed by atoms with van der Waals surface area (Å²) in [6, 6.07) is 2.24. The van der Waals surface area contributed by atoms with Crippen molar-refractivity contribution >= 4 is 0 Å². The Balaban J connectivity index is 2.17. The molecule has 0 unspecified atom stereocenters. The molecular formula is C9H15N3. The summed E-state index contributed by atoms with van der Waals surface area (Å²) in [5.74, 6) is 0. The molecule has 0 saturated heterocycles. The summed E-state index contributed by atoms with van der Waals surface area (Å²) in [5, 5.41) is 0. The maximum absolute atomic E-state index is 5.48. The maximum atomic E-state index is 5.48. The van der Waals surface area contributed by atoms with Gasteiger partial charge in [0, 0.05) is 24.5 Å². The standard InChI is InChI=1S/C9H15N3/c1-12-5-7-4-8(2-3-10)11-9(7)6-12/h4,11H,2-3,5-6,10H2,1H3. The molecule has 1 aromatic heterocycles. The predicted molar refractivity (Wildman–Crippen MR) is 48.7 cm³/mol. The number of nitrogens with zero attached hydrogens (tertiary/aromatic N) is 1. The van der Waals surface area contributed by atoms with E-state index in [1.165, 1.54) is 17.0 Å². The lowest BCUT2D eigenvalue weighted by molar-refractivity contribution is 0.349. The minimum atomic E-state index is 0.731. The molecule has 0 radical (unpaired) electrons. The molecule has 2 rings (SSSR count). The van der Waals surface area contributed by atoms with Crippen molar-refractivity contribution in [2.24, 2.45) is 5.73 Å². The lowest BCUT2D eigenvalue weighted by Crippen LogP contribution is -2.09. The van der Waals surface area contributed by atoms with Gasteiger partial charge in [-0.15, -0.1) is 0 Å². The van der Waals surface area contributed by atoms with E-state index in [0.29, 0.717) is 0 Å². The molecule has 0 fully saturated rings. The third kappa shape index (κ3) is 1.26. The van der Waals surface area contributed by atoms with E-state index in [0.717, 1.165) is 26.1 Å². The smallest absolute Gasteiger partial charge is 0.0388 e. The third-order valence-corrected chi connectivity index (χ3v) is 2.33. The highest BCUT2D eigenvalue weighted by Gasteiger charge is 2.17. The van der Waals surface area contributed by atoms with Crippen molar-refractivity contribution in [3.05, 3.63) is 23.0 Å². The summed E-state index contributed by atoms with van der Waals surface area (Å²) in [7, 11) is 2.14. The second-order valence-electron chi connectivity index (χ2n) is 3.51. The number of H-pyrrole nitrogens is 1. The molecule has 1 aromatic rings. The zero-order chi connectivity index (χ0) is 8.55. The number of hydrogen-bond acceptors (Lipinski definition) is 2. The van der Waals surface area contributed by atoms with Crippen LogP contribution < -0.4 is 5.73 Å². The highest BCUT2D eigenvalue weighted by Crippen LogP contribution is 2.21. The van der Waals surface area contributed by atoms with E-state index >= 15 is 0 Å². The summed E-state index contributed by atoms with van der Waals surface area (Å²) in [6.45, 7) is 2.87. The van der Waals surface area contributed by atoms with E-state index in [2.05, 4.69) is 23.0 Å². The van der Waals surface area contributed by atoms with Crippen LogP contribution in [0, 0.1) is 0 Å². The minimum absolute atomic E-state index is 0.731. The Kier molecular flexibility index (Phi) is 1.90. The van der Waals surface area contributed by atoms with Gasteiger partial charge in [-0.25, -0.2) is 0 Å². The van der Waals surface area contributed by atoms with Crippen LogP contribution in [0.5, 0.6) is 0 Å². The molecule has 3 nitrogen and oxygen atoms in total. The van der Waals surface area contributed by atoms with E-state index < -0.39 is 0 Å². The van der Waals surface area contributed by atoms with Crippen LogP contribution in [0.4, 0.5) is 0 Å². The Bertz CT molecular complexity index is 254. The van der Waals surface area contributed by atoms with Gasteiger partial charge in [0.05, 0.1) is 0 Å². The lowest BCUT2D eigenvalue weighted by Gasteiger charge is -2.04. The first-order valence-corrected chi connectivity index (χ1v) is 4.38.